The second-order valence-corrected chi connectivity index (χ2v) is 5.78. The third-order valence-electron chi connectivity index (χ3n) is 3.95. The fourth-order valence-corrected chi connectivity index (χ4v) is 2.68. The van der Waals surface area contributed by atoms with E-state index in [1.807, 2.05) is 30.3 Å². The Labute approximate surface area is 153 Å². The van der Waals surface area contributed by atoms with Gasteiger partial charge < -0.3 is 4.52 Å². The minimum absolute atomic E-state index is 0.0107. The lowest BCUT2D eigenvalue weighted by molar-refractivity contribution is 0.415. The van der Waals surface area contributed by atoms with E-state index in [0.29, 0.717) is 11.5 Å². The highest BCUT2D eigenvalue weighted by Gasteiger charge is 2.16. The highest BCUT2D eigenvalue weighted by molar-refractivity contribution is 5.56. The average Bonchev–Trinajstić information content (AvgIpc) is 3.15. The molecule has 27 heavy (non-hydrogen) atoms. The average molecular weight is 366 g/mol. The molecule has 0 radical (unpaired) electrons. The van der Waals surface area contributed by atoms with Crippen molar-refractivity contribution in [3.63, 3.8) is 0 Å². The van der Waals surface area contributed by atoms with Crippen LogP contribution < -0.4 is 17.1 Å². The van der Waals surface area contributed by atoms with E-state index in [4.69, 9.17) is 4.52 Å². The molecule has 2 aromatic heterocycles. The monoisotopic (exact) mass is 366 g/mol. The van der Waals surface area contributed by atoms with Crippen LogP contribution in [-0.4, -0.2) is 18.9 Å². The van der Waals surface area contributed by atoms with Gasteiger partial charge in [0.1, 0.15) is 5.69 Å². The summed E-state index contributed by atoms with van der Waals surface area (Å²) in [4.78, 5) is 37.6. The molecule has 3 aromatic rings. The number of benzene rings is 1. The molecule has 0 aliphatic carbocycles. The minimum Gasteiger partial charge on any atom is -0.356 e. The number of allylic oxidation sites excluding steroid dienone is 2. The van der Waals surface area contributed by atoms with Crippen LogP contribution >= 0.6 is 0 Å². The maximum atomic E-state index is 12.6. The largest absolute Gasteiger partial charge is 0.356 e. The highest BCUT2D eigenvalue weighted by atomic mass is 16.5. The number of rotatable bonds is 7. The molecule has 0 bridgehead atoms. The molecule has 0 N–H and O–H groups in total. The zero-order valence-corrected chi connectivity index (χ0v) is 14.6. The third-order valence-corrected chi connectivity index (χ3v) is 3.95. The van der Waals surface area contributed by atoms with E-state index in [0.717, 1.165) is 19.3 Å². The minimum atomic E-state index is -0.727. The van der Waals surface area contributed by atoms with Crippen molar-refractivity contribution in [2.75, 3.05) is 0 Å². The Hall–Kier alpha value is -3.68. The fourth-order valence-electron chi connectivity index (χ4n) is 2.68. The molecule has 0 atom stereocenters. The zero-order valence-electron chi connectivity index (χ0n) is 14.6. The van der Waals surface area contributed by atoms with Crippen molar-refractivity contribution in [2.24, 2.45) is 0 Å². The van der Waals surface area contributed by atoms with Gasteiger partial charge >= 0.3 is 17.1 Å². The molecule has 0 spiro atoms. The molecule has 0 amide bonds. The SMILES string of the molecule is C=CCn1c(=O)n(CC=C)c(=O)n(Cc2cc(-c3ccccc3)on2)c1=O. The normalized spacial score (nSPS) is 10.7. The molecule has 3 rings (SSSR count). The van der Waals surface area contributed by atoms with E-state index in [1.54, 1.807) is 6.07 Å². The van der Waals surface area contributed by atoms with Crippen LogP contribution in [0.2, 0.25) is 0 Å². The van der Waals surface area contributed by atoms with Crippen LogP contribution in [0.5, 0.6) is 0 Å². The van der Waals surface area contributed by atoms with E-state index in [2.05, 4.69) is 18.3 Å². The molecule has 0 saturated heterocycles. The van der Waals surface area contributed by atoms with Crippen molar-refractivity contribution in [1.82, 2.24) is 18.9 Å². The summed E-state index contributed by atoms with van der Waals surface area (Å²) >= 11 is 0. The second kappa shape index (κ2) is 7.69. The second-order valence-electron chi connectivity index (χ2n) is 5.78. The summed E-state index contributed by atoms with van der Waals surface area (Å²) in [6.45, 7) is 6.94. The van der Waals surface area contributed by atoms with E-state index in [1.165, 1.54) is 12.2 Å². The molecule has 8 heteroatoms. The lowest BCUT2D eigenvalue weighted by Gasteiger charge is -2.11. The Morgan fingerprint density at radius 1 is 0.889 bits per heavy atom. The van der Waals surface area contributed by atoms with Crippen LogP contribution in [0.15, 0.2) is 80.6 Å². The van der Waals surface area contributed by atoms with E-state index < -0.39 is 17.1 Å². The van der Waals surface area contributed by atoms with Crippen molar-refractivity contribution in [3.8, 4) is 11.3 Å². The first kappa shape index (κ1) is 18.1. The number of nitrogens with zero attached hydrogens (tertiary/aromatic N) is 4. The first-order chi connectivity index (χ1) is 13.1. The van der Waals surface area contributed by atoms with Crippen LogP contribution in [0.4, 0.5) is 0 Å². The molecule has 8 nitrogen and oxygen atoms in total. The van der Waals surface area contributed by atoms with Gasteiger partial charge in [-0.05, 0) is 0 Å². The van der Waals surface area contributed by atoms with Crippen LogP contribution in [0.1, 0.15) is 5.69 Å². The van der Waals surface area contributed by atoms with Gasteiger partial charge in [-0.2, -0.15) is 0 Å². The summed E-state index contributed by atoms with van der Waals surface area (Å²) in [6.07, 6.45) is 2.83. The smallest absolute Gasteiger partial charge is 0.336 e. The summed E-state index contributed by atoms with van der Waals surface area (Å²) < 4.78 is 8.13. The Bertz CT molecular complexity index is 1100. The molecule has 0 aliphatic heterocycles. The highest BCUT2D eigenvalue weighted by Crippen LogP contribution is 2.19. The molecule has 0 fully saturated rings. The van der Waals surface area contributed by atoms with Crippen molar-refractivity contribution in [2.45, 2.75) is 19.6 Å². The van der Waals surface area contributed by atoms with Gasteiger partial charge in [0.25, 0.3) is 0 Å². The van der Waals surface area contributed by atoms with Gasteiger partial charge in [-0.25, -0.2) is 28.1 Å². The quantitative estimate of drug-likeness (QED) is 0.587. The number of hydrogen-bond donors (Lipinski definition) is 0. The molecule has 0 aliphatic rings. The Kier molecular flexibility index (Phi) is 5.16. The first-order valence-corrected chi connectivity index (χ1v) is 8.24. The van der Waals surface area contributed by atoms with Crippen LogP contribution in [0, 0.1) is 0 Å². The van der Waals surface area contributed by atoms with Gasteiger partial charge in [-0.3, -0.25) is 0 Å². The van der Waals surface area contributed by atoms with Crippen molar-refractivity contribution in [1.29, 1.82) is 0 Å². The predicted octanol–water partition coefficient (Wildman–Crippen LogP) is 1.25. The molecular weight excluding hydrogens is 348 g/mol. The molecule has 0 unspecified atom stereocenters. The number of hydrogen-bond acceptors (Lipinski definition) is 5. The van der Waals surface area contributed by atoms with Gasteiger partial charge in [-0.15, -0.1) is 13.2 Å². The maximum Gasteiger partial charge on any atom is 0.336 e. The summed E-state index contributed by atoms with van der Waals surface area (Å²) in [5, 5.41) is 3.93. The molecule has 2 heterocycles. The number of aromatic nitrogens is 4. The van der Waals surface area contributed by atoms with E-state index in [-0.39, 0.29) is 19.6 Å². The Balaban J connectivity index is 2.07. The van der Waals surface area contributed by atoms with Crippen LogP contribution in [0.25, 0.3) is 11.3 Å². The summed E-state index contributed by atoms with van der Waals surface area (Å²) in [5.41, 5.74) is -0.943. The topological polar surface area (TPSA) is 92.0 Å². The molecule has 1 aromatic carbocycles. The maximum absolute atomic E-state index is 12.6. The molecular formula is C19H18N4O4. The lowest BCUT2D eigenvalue weighted by atomic mass is 10.2. The third kappa shape index (κ3) is 3.50. The summed E-state index contributed by atoms with van der Waals surface area (Å²) in [7, 11) is 0. The van der Waals surface area contributed by atoms with Crippen LogP contribution in [0.3, 0.4) is 0 Å². The standard InChI is InChI=1S/C19H18N4O4/c1-3-10-21-17(24)22(11-4-2)19(26)23(18(21)25)13-15-12-16(27-20-15)14-8-6-5-7-9-14/h3-9,12H,1-2,10-11,13H2. The van der Waals surface area contributed by atoms with Crippen molar-refractivity contribution < 1.29 is 4.52 Å². The van der Waals surface area contributed by atoms with E-state index in [9.17, 15) is 14.4 Å². The van der Waals surface area contributed by atoms with Gasteiger partial charge in [0, 0.05) is 11.6 Å². The van der Waals surface area contributed by atoms with Gasteiger partial charge in [0.2, 0.25) is 0 Å². The predicted molar refractivity (Wildman–Crippen MR) is 101 cm³/mol. The van der Waals surface area contributed by atoms with Gasteiger partial charge in [0.05, 0.1) is 19.6 Å². The van der Waals surface area contributed by atoms with Crippen LogP contribution in [-0.2, 0) is 19.6 Å². The zero-order chi connectivity index (χ0) is 19.4. The summed E-state index contributed by atoms with van der Waals surface area (Å²) in [6, 6.07) is 11.0. The first-order valence-electron chi connectivity index (χ1n) is 8.24. The van der Waals surface area contributed by atoms with Gasteiger partial charge in [-0.1, -0.05) is 47.6 Å². The Morgan fingerprint density at radius 2 is 1.44 bits per heavy atom. The van der Waals surface area contributed by atoms with Crippen molar-refractivity contribution in [3.05, 3.63) is 98.9 Å². The Morgan fingerprint density at radius 3 is 2.00 bits per heavy atom. The molecule has 138 valence electrons. The fraction of sp³-hybridized carbons (Fsp3) is 0.158. The molecule has 0 saturated carbocycles. The summed E-state index contributed by atoms with van der Waals surface area (Å²) in [5.74, 6) is 0.518. The lowest BCUT2D eigenvalue weighted by Crippen LogP contribution is -2.54. The van der Waals surface area contributed by atoms with Crippen molar-refractivity contribution >= 4 is 0 Å². The van der Waals surface area contributed by atoms with E-state index >= 15 is 0 Å². The van der Waals surface area contributed by atoms with Gasteiger partial charge in [0.15, 0.2) is 5.76 Å².